The summed E-state index contributed by atoms with van der Waals surface area (Å²) >= 11 is 0. The third-order valence-corrected chi connectivity index (χ3v) is 4.44. The van der Waals surface area contributed by atoms with Crippen molar-refractivity contribution in [3.63, 3.8) is 0 Å². The zero-order valence-corrected chi connectivity index (χ0v) is 12.1. The molecule has 2 aliphatic rings. The smallest absolute Gasteiger partial charge is 0.118 e. The molecule has 2 saturated heterocycles. The highest BCUT2D eigenvalue weighted by molar-refractivity contribution is 5.53. The summed E-state index contributed by atoms with van der Waals surface area (Å²) in [5.41, 5.74) is 2.36. The molecule has 2 aliphatic heterocycles. The van der Waals surface area contributed by atoms with Gasteiger partial charge in [0.25, 0.3) is 0 Å². The highest BCUT2D eigenvalue weighted by Gasteiger charge is 2.15. The van der Waals surface area contributed by atoms with E-state index in [0.29, 0.717) is 5.75 Å². The fourth-order valence-electron chi connectivity index (χ4n) is 3.16. The molecule has 3 rings (SSSR count). The van der Waals surface area contributed by atoms with Crippen molar-refractivity contribution in [3.8, 4) is 5.75 Å². The highest BCUT2D eigenvalue weighted by Crippen LogP contribution is 2.27. The van der Waals surface area contributed by atoms with Crippen molar-refractivity contribution < 1.29 is 5.11 Å². The average molecular weight is 275 g/mol. The Morgan fingerprint density at radius 1 is 1.05 bits per heavy atom. The second kappa shape index (κ2) is 6.46. The molecular formula is C16H25N3O. The van der Waals surface area contributed by atoms with Crippen LogP contribution in [0.2, 0.25) is 0 Å². The molecule has 4 heteroatoms. The molecule has 2 fully saturated rings. The summed E-state index contributed by atoms with van der Waals surface area (Å²) in [4.78, 5) is 4.90. The maximum Gasteiger partial charge on any atom is 0.118 e. The fourth-order valence-corrected chi connectivity index (χ4v) is 3.16. The number of rotatable bonds is 4. The Bertz CT molecular complexity index is 437. The van der Waals surface area contributed by atoms with Crippen molar-refractivity contribution in [1.29, 1.82) is 0 Å². The lowest BCUT2D eigenvalue weighted by Gasteiger charge is -2.27. The number of phenolic OH excluding ortho intramolecular Hbond substituents is 1. The summed E-state index contributed by atoms with van der Waals surface area (Å²) in [5, 5.41) is 13.4. The molecule has 20 heavy (non-hydrogen) atoms. The molecule has 0 bridgehead atoms. The van der Waals surface area contributed by atoms with Crippen LogP contribution >= 0.6 is 0 Å². The van der Waals surface area contributed by atoms with E-state index < -0.39 is 0 Å². The first-order valence-corrected chi connectivity index (χ1v) is 7.83. The van der Waals surface area contributed by atoms with Crippen LogP contribution in [0.15, 0.2) is 18.2 Å². The normalized spacial score (nSPS) is 20.5. The van der Waals surface area contributed by atoms with Crippen molar-refractivity contribution in [2.24, 2.45) is 0 Å². The third kappa shape index (κ3) is 3.25. The van der Waals surface area contributed by atoms with Crippen LogP contribution in [0.4, 0.5) is 5.69 Å². The summed E-state index contributed by atoms with van der Waals surface area (Å²) in [7, 11) is 0. The zero-order valence-electron chi connectivity index (χ0n) is 12.1. The molecule has 0 unspecified atom stereocenters. The van der Waals surface area contributed by atoms with E-state index in [4.69, 9.17) is 0 Å². The third-order valence-electron chi connectivity index (χ3n) is 4.44. The molecule has 1 aromatic carbocycles. The van der Waals surface area contributed by atoms with Gasteiger partial charge in [-0.05, 0) is 43.0 Å². The lowest BCUT2D eigenvalue weighted by Crippen LogP contribution is -2.44. The van der Waals surface area contributed by atoms with Gasteiger partial charge in [-0.25, -0.2) is 0 Å². The second-order valence-electron chi connectivity index (χ2n) is 5.85. The van der Waals surface area contributed by atoms with Gasteiger partial charge in [-0.2, -0.15) is 0 Å². The first-order valence-electron chi connectivity index (χ1n) is 7.83. The van der Waals surface area contributed by atoms with Crippen LogP contribution in [-0.4, -0.2) is 55.8 Å². The van der Waals surface area contributed by atoms with Gasteiger partial charge in [0, 0.05) is 51.5 Å². The Kier molecular flexibility index (Phi) is 4.43. The molecule has 0 amide bonds. The summed E-state index contributed by atoms with van der Waals surface area (Å²) in [6, 6.07) is 6.10. The molecule has 110 valence electrons. The lowest BCUT2D eigenvalue weighted by atomic mass is 10.1. The number of nitrogens with one attached hydrogen (secondary N) is 1. The van der Waals surface area contributed by atoms with Gasteiger partial charge in [0.1, 0.15) is 5.75 Å². The Morgan fingerprint density at radius 3 is 2.55 bits per heavy atom. The van der Waals surface area contributed by atoms with E-state index in [1.807, 2.05) is 6.07 Å². The van der Waals surface area contributed by atoms with E-state index >= 15 is 0 Å². The number of hydrogen-bond donors (Lipinski definition) is 2. The summed E-state index contributed by atoms with van der Waals surface area (Å²) in [5.74, 6) is 0.447. The minimum absolute atomic E-state index is 0.447. The second-order valence-corrected chi connectivity index (χ2v) is 5.85. The number of aromatic hydroxyl groups is 1. The van der Waals surface area contributed by atoms with Gasteiger partial charge in [-0.1, -0.05) is 0 Å². The van der Waals surface area contributed by atoms with Crippen molar-refractivity contribution in [2.75, 3.05) is 50.7 Å². The van der Waals surface area contributed by atoms with Gasteiger partial charge >= 0.3 is 0 Å². The number of nitrogens with zero attached hydrogens (tertiary/aromatic N) is 2. The van der Waals surface area contributed by atoms with Crippen LogP contribution in [0.3, 0.4) is 0 Å². The van der Waals surface area contributed by atoms with E-state index in [-0.39, 0.29) is 0 Å². The van der Waals surface area contributed by atoms with E-state index in [9.17, 15) is 5.11 Å². The molecule has 0 spiro atoms. The molecule has 2 N–H and O–H groups in total. The van der Waals surface area contributed by atoms with Crippen molar-refractivity contribution in [1.82, 2.24) is 10.2 Å². The van der Waals surface area contributed by atoms with Crippen LogP contribution in [0.5, 0.6) is 5.75 Å². The summed E-state index contributed by atoms with van der Waals surface area (Å²) < 4.78 is 0. The van der Waals surface area contributed by atoms with Crippen molar-refractivity contribution >= 4 is 5.69 Å². The summed E-state index contributed by atoms with van der Waals surface area (Å²) in [6.07, 6.45) is 3.52. The van der Waals surface area contributed by atoms with Crippen molar-refractivity contribution in [3.05, 3.63) is 23.8 Å². The van der Waals surface area contributed by atoms with Crippen molar-refractivity contribution in [2.45, 2.75) is 19.3 Å². The molecular weight excluding hydrogens is 250 g/mol. The predicted molar refractivity (Wildman–Crippen MR) is 82.6 cm³/mol. The number of benzene rings is 1. The zero-order chi connectivity index (χ0) is 13.8. The van der Waals surface area contributed by atoms with Gasteiger partial charge in [-0.3, -0.25) is 0 Å². The van der Waals surface area contributed by atoms with Crippen LogP contribution in [0.25, 0.3) is 0 Å². The number of hydrogen-bond acceptors (Lipinski definition) is 4. The monoisotopic (exact) mass is 275 g/mol. The highest BCUT2D eigenvalue weighted by atomic mass is 16.3. The first kappa shape index (κ1) is 13.7. The molecule has 0 saturated carbocycles. The number of phenols is 1. The quantitative estimate of drug-likeness (QED) is 0.872. The van der Waals surface area contributed by atoms with Gasteiger partial charge in [-0.15, -0.1) is 0 Å². The molecule has 4 nitrogen and oxygen atoms in total. The maximum atomic E-state index is 10.1. The summed E-state index contributed by atoms with van der Waals surface area (Å²) in [6.45, 7) is 7.75. The van der Waals surface area contributed by atoms with E-state index in [1.165, 1.54) is 18.5 Å². The van der Waals surface area contributed by atoms with E-state index in [2.05, 4.69) is 27.2 Å². The maximum absolute atomic E-state index is 10.1. The van der Waals surface area contributed by atoms with E-state index in [1.54, 1.807) is 0 Å². The Hall–Kier alpha value is -1.26. The van der Waals surface area contributed by atoms with Crippen LogP contribution in [-0.2, 0) is 6.42 Å². The van der Waals surface area contributed by atoms with E-state index in [0.717, 1.165) is 57.8 Å². The van der Waals surface area contributed by atoms with Gasteiger partial charge < -0.3 is 20.2 Å². The molecule has 0 aliphatic carbocycles. The largest absolute Gasteiger partial charge is 0.508 e. The molecule has 0 radical (unpaired) electrons. The Labute approximate surface area is 121 Å². The number of anilines is 1. The van der Waals surface area contributed by atoms with Crippen LogP contribution in [0.1, 0.15) is 18.4 Å². The molecule has 0 atom stereocenters. The average Bonchev–Trinajstić information content (AvgIpc) is 3.02. The van der Waals surface area contributed by atoms with Gasteiger partial charge in [0.05, 0.1) is 0 Å². The van der Waals surface area contributed by atoms with Gasteiger partial charge in [0.2, 0.25) is 0 Å². The predicted octanol–water partition coefficient (Wildman–Crippen LogP) is 1.44. The Morgan fingerprint density at radius 2 is 1.80 bits per heavy atom. The molecule has 0 aromatic heterocycles. The minimum Gasteiger partial charge on any atom is -0.508 e. The standard InChI is InChI=1S/C16H25N3O/c20-16-4-3-15(19-8-1-2-9-19)13-14(16)5-10-18-11-6-17-7-12-18/h3-4,13,17,20H,1-2,5-12H2. The first-order chi connectivity index (χ1) is 9.83. The number of piperazine rings is 1. The van der Waals surface area contributed by atoms with Gasteiger partial charge in [0.15, 0.2) is 0 Å². The topological polar surface area (TPSA) is 38.7 Å². The molecule has 1 aromatic rings. The fraction of sp³-hybridized carbons (Fsp3) is 0.625. The molecule has 2 heterocycles. The SMILES string of the molecule is Oc1ccc(N2CCCC2)cc1CCN1CCNCC1. The lowest BCUT2D eigenvalue weighted by molar-refractivity contribution is 0.243. The minimum atomic E-state index is 0.447. The Balaban J connectivity index is 1.63. The van der Waals surface area contributed by atoms with Crippen LogP contribution in [0, 0.1) is 0 Å². The van der Waals surface area contributed by atoms with Crippen LogP contribution < -0.4 is 10.2 Å².